The first-order valence-electron chi connectivity index (χ1n) is 6.20. The SMILES string of the molecule is CC1(C(=O)O)CCCC(Nc2nc(Cl)ncc2F)C1O. The zero-order valence-corrected chi connectivity index (χ0v) is 11.6. The van der Waals surface area contributed by atoms with Gasteiger partial charge in [0.2, 0.25) is 5.28 Å². The molecule has 6 nitrogen and oxygen atoms in total. The van der Waals surface area contributed by atoms with Crippen LogP contribution in [0.15, 0.2) is 6.20 Å². The Labute approximate surface area is 120 Å². The summed E-state index contributed by atoms with van der Waals surface area (Å²) in [6, 6.07) is -0.606. The first-order valence-corrected chi connectivity index (χ1v) is 6.58. The second-order valence-electron chi connectivity index (χ2n) is 5.15. The average Bonchev–Trinajstić information content (AvgIpc) is 2.39. The fourth-order valence-corrected chi connectivity index (χ4v) is 2.58. The molecule has 0 aromatic carbocycles. The van der Waals surface area contributed by atoms with Gasteiger partial charge in [0.15, 0.2) is 11.6 Å². The van der Waals surface area contributed by atoms with E-state index in [2.05, 4.69) is 15.3 Å². The molecule has 110 valence electrons. The summed E-state index contributed by atoms with van der Waals surface area (Å²) >= 11 is 5.59. The number of carboxylic acids is 1. The van der Waals surface area contributed by atoms with Crippen molar-refractivity contribution in [2.45, 2.75) is 38.3 Å². The lowest BCUT2D eigenvalue weighted by Gasteiger charge is -2.40. The molecule has 1 aliphatic carbocycles. The Morgan fingerprint density at radius 1 is 1.65 bits per heavy atom. The maximum Gasteiger partial charge on any atom is 0.312 e. The van der Waals surface area contributed by atoms with E-state index in [1.807, 2.05) is 0 Å². The van der Waals surface area contributed by atoms with Crippen molar-refractivity contribution in [2.75, 3.05) is 5.32 Å². The van der Waals surface area contributed by atoms with Crippen LogP contribution in [0.4, 0.5) is 10.2 Å². The zero-order chi connectivity index (χ0) is 14.9. The number of nitrogens with zero attached hydrogens (tertiary/aromatic N) is 2. The number of aromatic nitrogens is 2. The van der Waals surface area contributed by atoms with Crippen LogP contribution < -0.4 is 5.32 Å². The molecule has 1 saturated carbocycles. The number of rotatable bonds is 3. The maximum absolute atomic E-state index is 13.6. The Bertz CT molecular complexity index is 531. The number of anilines is 1. The summed E-state index contributed by atoms with van der Waals surface area (Å²) in [7, 11) is 0. The molecule has 0 bridgehead atoms. The summed E-state index contributed by atoms with van der Waals surface area (Å²) in [5.41, 5.74) is -1.26. The maximum atomic E-state index is 13.6. The fourth-order valence-electron chi connectivity index (χ4n) is 2.45. The number of hydrogen-bond acceptors (Lipinski definition) is 5. The third kappa shape index (κ3) is 2.69. The normalized spacial score (nSPS) is 30.0. The van der Waals surface area contributed by atoms with Gasteiger partial charge in [0.1, 0.15) is 0 Å². The van der Waals surface area contributed by atoms with Gasteiger partial charge >= 0.3 is 5.97 Å². The molecule has 1 aliphatic rings. The molecular formula is C12H15ClFN3O3. The van der Waals surface area contributed by atoms with Gasteiger partial charge < -0.3 is 15.5 Å². The minimum atomic E-state index is -1.26. The Morgan fingerprint density at radius 2 is 2.35 bits per heavy atom. The highest BCUT2D eigenvalue weighted by molar-refractivity contribution is 6.28. The molecule has 1 aromatic heterocycles. The largest absolute Gasteiger partial charge is 0.481 e. The van der Waals surface area contributed by atoms with Crippen LogP contribution in [0, 0.1) is 11.2 Å². The highest BCUT2D eigenvalue weighted by atomic mass is 35.5. The summed E-state index contributed by atoms with van der Waals surface area (Å²) < 4.78 is 13.6. The van der Waals surface area contributed by atoms with Crippen LogP contribution in [-0.4, -0.2) is 38.3 Å². The molecule has 0 amide bonds. The molecule has 20 heavy (non-hydrogen) atoms. The molecule has 1 heterocycles. The number of aliphatic hydroxyl groups excluding tert-OH is 1. The molecule has 0 aliphatic heterocycles. The van der Waals surface area contributed by atoms with E-state index in [1.54, 1.807) is 0 Å². The quantitative estimate of drug-likeness (QED) is 0.735. The Hall–Kier alpha value is -1.47. The second-order valence-corrected chi connectivity index (χ2v) is 5.48. The van der Waals surface area contributed by atoms with Crippen LogP contribution in [0.5, 0.6) is 0 Å². The molecule has 2 rings (SSSR count). The minimum Gasteiger partial charge on any atom is -0.481 e. The van der Waals surface area contributed by atoms with E-state index in [-0.39, 0.29) is 11.1 Å². The van der Waals surface area contributed by atoms with E-state index >= 15 is 0 Å². The third-order valence-electron chi connectivity index (χ3n) is 3.77. The van der Waals surface area contributed by atoms with E-state index in [9.17, 15) is 19.4 Å². The molecule has 3 atom stereocenters. The molecule has 0 spiro atoms. The van der Waals surface area contributed by atoms with Gasteiger partial charge in [-0.3, -0.25) is 4.79 Å². The lowest BCUT2D eigenvalue weighted by Crippen LogP contribution is -2.52. The predicted octanol–water partition coefficient (Wildman–Crippen LogP) is 1.69. The summed E-state index contributed by atoms with van der Waals surface area (Å²) in [4.78, 5) is 18.5. The molecule has 3 N–H and O–H groups in total. The predicted molar refractivity (Wildman–Crippen MR) is 70.0 cm³/mol. The van der Waals surface area contributed by atoms with E-state index < -0.39 is 29.3 Å². The Balaban J connectivity index is 2.21. The standard InChI is InChI=1S/C12H15ClFN3O3/c1-12(10(19)20)4-2-3-7(8(12)18)16-9-6(14)5-15-11(13)17-9/h5,7-8,18H,2-4H2,1H3,(H,19,20)(H,15,16,17). The topological polar surface area (TPSA) is 95.3 Å². The number of carbonyl (C=O) groups is 1. The molecule has 1 fully saturated rings. The Kier molecular flexibility index (Phi) is 4.10. The van der Waals surface area contributed by atoms with Gasteiger partial charge in [0.25, 0.3) is 0 Å². The van der Waals surface area contributed by atoms with Gasteiger partial charge in [-0.15, -0.1) is 0 Å². The van der Waals surface area contributed by atoms with Crippen LogP contribution in [0.1, 0.15) is 26.2 Å². The third-order valence-corrected chi connectivity index (χ3v) is 3.95. The van der Waals surface area contributed by atoms with Crippen LogP contribution in [0.3, 0.4) is 0 Å². The lowest BCUT2D eigenvalue weighted by atomic mass is 9.71. The van der Waals surface area contributed by atoms with E-state index in [0.717, 1.165) is 6.20 Å². The molecule has 0 saturated heterocycles. The smallest absolute Gasteiger partial charge is 0.312 e. The highest BCUT2D eigenvalue weighted by Crippen LogP contribution is 2.37. The highest BCUT2D eigenvalue weighted by Gasteiger charge is 2.47. The van der Waals surface area contributed by atoms with Gasteiger partial charge in [-0.1, -0.05) is 6.42 Å². The fraction of sp³-hybridized carbons (Fsp3) is 0.583. The second kappa shape index (κ2) is 5.49. The molecule has 8 heteroatoms. The van der Waals surface area contributed by atoms with E-state index in [0.29, 0.717) is 19.3 Å². The van der Waals surface area contributed by atoms with Gasteiger partial charge in [-0.05, 0) is 31.4 Å². The van der Waals surface area contributed by atoms with Gasteiger partial charge in [-0.2, -0.15) is 4.98 Å². The minimum absolute atomic E-state index is 0.125. The number of aliphatic hydroxyl groups is 1. The van der Waals surface area contributed by atoms with Crippen LogP contribution in [0.2, 0.25) is 5.28 Å². The molecular weight excluding hydrogens is 289 g/mol. The summed E-state index contributed by atoms with van der Waals surface area (Å²) in [5.74, 6) is -1.91. The van der Waals surface area contributed by atoms with Crippen molar-refractivity contribution in [2.24, 2.45) is 5.41 Å². The number of hydrogen-bond donors (Lipinski definition) is 3. The molecule has 3 unspecified atom stereocenters. The monoisotopic (exact) mass is 303 g/mol. The summed E-state index contributed by atoms with van der Waals surface area (Å²) in [6.07, 6.45) is 1.27. The number of aliphatic carboxylic acids is 1. The van der Waals surface area contributed by atoms with Crippen molar-refractivity contribution in [3.05, 3.63) is 17.3 Å². The number of carboxylic acid groups (broad SMARTS) is 1. The summed E-state index contributed by atoms with van der Waals surface area (Å²) in [5, 5.41) is 22.1. The van der Waals surface area contributed by atoms with Crippen molar-refractivity contribution in [3.8, 4) is 0 Å². The number of nitrogens with one attached hydrogen (secondary N) is 1. The molecule has 0 radical (unpaired) electrons. The first kappa shape index (κ1) is 14.9. The van der Waals surface area contributed by atoms with Crippen molar-refractivity contribution < 1.29 is 19.4 Å². The van der Waals surface area contributed by atoms with Gasteiger partial charge in [0.05, 0.1) is 23.8 Å². The van der Waals surface area contributed by atoms with E-state index in [4.69, 9.17) is 11.6 Å². The Morgan fingerprint density at radius 3 is 3.00 bits per heavy atom. The van der Waals surface area contributed by atoms with Crippen LogP contribution in [0.25, 0.3) is 0 Å². The molecule has 1 aromatic rings. The van der Waals surface area contributed by atoms with Gasteiger partial charge in [0, 0.05) is 0 Å². The van der Waals surface area contributed by atoms with Crippen molar-refractivity contribution in [3.63, 3.8) is 0 Å². The van der Waals surface area contributed by atoms with Gasteiger partial charge in [-0.25, -0.2) is 9.37 Å². The zero-order valence-electron chi connectivity index (χ0n) is 10.8. The van der Waals surface area contributed by atoms with Crippen molar-refractivity contribution in [1.29, 1.82) is 0 Å². The van der Waals surface area contributed by atoms with Crippen molar-refractivity contribution >= 4 is 23.4 Å². The first-order chi connectivity index (χ1) is 9.34. The van der Waals surface area contributed by atoms with E-state index in [1.165, 1.54) is 6.92 Å². The number of halogens is 2. The summed E-state index contributed by atoms with van der Waals surface area (Å²) in [6.45, 7) is 1.48. The van der Waals surface area contributed by atoms with Crippen LogP contribution in [-0.2, 0) is 4.79 Å². The van der Waals surface area contributed by atoms with Crippen molar-refractivity contribution in [1.82, 2.24) is 9.97 Å². The average molecular weight is 304 g/mol. The lowest BCUT2D eigenvalue weighted by molar-refractivity contribution is -0.158. The van der Waals surface area contributed by atoms with Crippen LogP contribution >= 0.6 is 11.6 Å².